The van der Waals surface area contributed by atoms with Gasteiger partial charge < -0.3 is 4.74 Å². The zero-order chi connectivity index (χ0) is 15.4. The first-order valence-electron chi connectivity index (χ1n) is 7.29. The zero-order valence-electron chi connectivity index (χ0n) is 12.2. The SMILES string of the molecule is N#Cc1ccc2c(c1)CCCN2C(=O)OCc1ccccc1. The molecular weight excluding hydrogens is 276 g/mol. The maximum atomic E-state index is 12.3. The molecule has 0 aromatic heterocycles. The molecule has 0 atom stereocenters. The van der Waals surface area contributed by atoms with Gasteiger partial charge in [0.1, 0.15) is 6.61 Å². The number of fused-ring (bicyclic) bond motifs is 1. The lowest BCUT2D eigenvalue weighted by atomic mass is 10.00. The van der Waals surface area contributed by atoms with Crippen molar-refractivity contribution in [1.29, 1.82) is 5.26 Å². The minimum atomic E-state index is -0.338. The van der Waals surface area contributed by atoms with Crippen LogP contribution in [0.2, 0.25) is 0 Å². The number of amides is 1. The summed E-state index contributed by atoms with van der Waals surface area (Å²) >= 11 is 0. The third kappa shape index (κ3) is 2.94. The number of hydrogen-bond acceptors (Lipinski definition) is 3. The second kappa shape index (κ2) is 6.31. The minimum Gasteiger partial charge on any atom is -0.444 e. The fraction of sp³-hybridized carbons (Fsp3) is 0.222. The van der Waals surface area contributed by atoms with Gasteiger partial charge in [0.2, 0.25) is 0 Å². The van der Waals surface area contributed by atoms with Crippen LogP contribution >= 0.6 is 0 Å². The van der Waals surface area contributed by atoms with Gasteiger partial charge in [0.15, 0.2) is 0 Å². The number of benzene rings is 2. The molecule has 0 spiro atoms. The highest BCUT2D eigenvalue weighted by Gasteiger charge is 2.23. The maximum absolute atomic E-state index is 12.3. The summed E-state index contributed by atoms with van der Waals surface area (Å²) in [6, 6.07) is 17.2. The summed E-state index contributed by atoms with van der Waals surface area (Å²) in [5.74, 6) is 0. The predicted octanol–water partition coefficient (Wildman–Crippen LogP) is 3.65. The minimum absolute atomic E-state index is 0.266. The molecule has 22 heavy (non-hydrogen) atoms. The van der Waals surface area contributed by atoms with Crippen molar-refractivity contribution in [3.05, 3.63) is 65.2 Å². The zero-order valence-corrected chi connectivity index (χ0v) is 12.2. The monoisotopic (exact) mass is 292 g/mol. The Kier molecular flexibility index (Phi) is 4.06. The lowest BCUT2D eigenvalue weighted by Crippen LogP contribution is -2.35. The van der Waals surface area contributed by atoms with Gasteiger partial charge in [-0.25, -0.2) is 4.79 Å². The average Bonchev–Trinajstić information content (AvgIpc) is 2.59. The molecule has 4 nitrogen and oxygen atoms in total. The fourth-order valence-electron chi connectivity index (χ4n) is 2.65. The number of rotatable bonds is 2. The van der Waals surface area contributed by atoms with E-state index in [0.717, 1.165) is 29.7 Å². The van der Waals surface area contributed by atoms with Gasteiger partial charge in [-0.2, -0.15) is 5.26 Å². The van der Waals surface area contributed by atoms with Crippen molar-refractivity contribution < 1.29 is 9.53 Å². The summed E-state index contributed by atoms with van der Waals surface area (Å²) in [4.78, 5) is 14.0. The Bertz CT molecular complexity index is 720. The highest BCUT2D eigenvalue weighted by Crippen LogP contribution is 2.28. The maximum Gasteiger partial charge on any atom is 0.414 e. The summed E-state index contributed by atoms with van der Waals surface area (Å²) in [5.41, 5.74) is 3.47. The van der Waals surface area contributed by atoms with Crippen LogP contribution in [0.1, 0.15) is 23.1 Å². The summed E-state index contributed by atoms with van der Waals surface area (Å²) in [6.45, 7) is 0.911. The molecule has 2 aromatic rings. The third-order valence-corrected chi connectivity index (χ3v) is 3.75. The normalized spacial score (nSPS) is 13.1. The number of anilines is 1. The smallest absolute Gasteiger partial charge is 0.414 e. The molecular formula is C18H16N2O2. The largest absolute Gasteiger partial charge is 0.444 e. The molecule has 0 fully saturated rings. The third-order valence-electron chi connectivity index (χ3n) is 3.75. The van der Waals surface area contributed by atoms with Gasteiger partial charge in [0, 0.05) is 6.54 Å². The molecule has 0 aliphatic carbocycles. The summed E-state index contributed by atoms with van der Waals surface area (Å²) in [5, 5.41) is 8.97. The van der Waals surface area contributed by atoms with Gasteiger partial charge in [0.05, 0.1) is 17.3 Å². The fourth-order valence-corrected chi connectivity index (χ4v) is 2.65. The molecule has 2 aromatic carbocycles. The molecule has 0 N–H and O–H groups in total. The second-order valence-electron chi connectivity index (χ2n) is 5.25. The van der Waals surface area contributed by atoms with Crippen LogP contribution in [-0.2, 0) is 17.8 Å². The van der Waals surface area contributed by atoms with Crippen molar-refractivity contribution >= 4 is 11.8 Å². The van der Waals surface area contributed by atoms with E-state index in [1.165, 1.54) is 0 Å². The van der Waals surface area contributed by atoms with Gasteiger partial charge in [0.25, 0.3) is 0 Å². The lowest BCUT2D eigenvalue weighted by molar-refractivity contribution is 0.146. The van der Waals surface area contributed by atoms with Gasteiger partial charge in [-0.1, -0.05) is 30.3 Å². The first kappa shape index (κ1) is 14.2. The molecule has 110 valence electrons. The van der Waals surface area contributed by atoms with Crippen molar-refractivity contribution in [2.24, 2.45) is 0 Å². The standard InChI is InChI=1S/C18H16N2O2/c19-12-15-8-9-17-16(11-15)7-4-10-20(17)18(21)22-13-14-5-2-1-3-6-14/h1-3,5-6,8-9,11H,4,7,10,13H2. The van der Waals surface area contributed by atoms with Crippen LogP contribution in [0.3, 0.4) is 0 Å². The van der Waals surface area contributed by atoms with E-state index >= 15 is 0 Å². The Morgan fingerprint density at radius 3 is 2.82 bits per heavy atom. The molecule has 3 rings (SSSR count). The number of nitrogens with zero attached hydrogens (tertiary/aromatic N) is 2. The Morgan fingerprint density at radius 2 is 2.05 bits per heavy atom. The molecule has 1 aliphatic heterocycles. The predicted molar refractivity (Wildman–Crippen MR) is 83.5 cm³/mol. The number of aryl methyl sites for hydroxylation is 1. The number of ether oxygens (including phenoxy) is 1. The lowest BCUT2D eigenvalue weighted by Gasteiger charge is -2.28. The summed E-state index contributed by atoms with van der Waals surface area (Å²) in [7, 11) is 0. The molecule has 0 saturated heterocycles. The second-order valence-corrected chi connectivity index (χ2v) is 5.25. The van der Waals surface area contributed by atoms with E-state index in [9.17, 15) is 4.79 Å². The van der Waals surface area contributed by atoms with Crippen molar-refractivity contribution in [3.63, 3.8) is 0 Å². The Balaban J connectivity index is 1.73. The first-order valence-corrected chi connectivity index (χ1v) is 7.29. The van der Waals surface area contributed by atoms with E-state index in [2.05, 4.69) is 6.07 Å². The van der Waals surface area contributed by atoms with Crippen LogP contribution in [-0.4, -0.2) is 12.6 Å². The topological polar surface area (TPSA) is 53.3 Å². The molecule has 4 heteroatoms. The molecule has 1 amide bonds. The number of nitriles is 1. The number of hydrogen-bond donors (Lipinski definition) is 0. The number of carbonyl (C=O) groups excluding carboxylic acids is 1. The molecule has 0 radical (unpaired) electrons. The highest BCUT2D eigenvalue weighted by atomic mass is 16.6. The van der Waals surface area contributed by atoms with Gasteiger partial charge in [-0.3, -0.25) is 4.90 Å². The first-order chi connectivity index (χ1) is 10.8. The van der Waals surface area contributed by atoms with Crippen LogP contribution in [0.15, 0.2) is 48.5 Å². The number of carbonyl (C=O) groups is 1. The van der Waals surface area contributed by atoms with E-state index in [1.807, 2.05) is 42.5 Å². The Labute approximate surface area is 129 Å². The van der Waals surface area contributed by atoms with Crippen LogP contribution in [0.4, 0.5) is 10.5 Å². The van der Waals surface area contributed by atoms with Crippen molar-refractivity contribution in [3.8, 4) is 6.07 Å². The van der Waals surface area contributed by atoms with Crippen LogP contribution in [0.5, 0.6) is 0 Å². The highest BCUT2D eigenvalue weighted by molar-refractivity contribution is 5.89. The van der Waals surface area contributed by atoms with E-state index < -0.39 is 0 Å². The molecule has 1 heterocycles. The molecule has 0 bridgehead atoms. The summed E-state index contributed by atoms with van der Waals surface area (Å²) < 4.78 is 5.40. The van der Waals surface area contributed by atoms with E-state index in [0.29, 0.717) is 12.1 Å². The Morgan fingerprint density at radius 1 is 1.23 bits per heavy atom. The van der Waals surface area contributed by atoms with Crippen molar-refractivity contribution in [1.82, 2.24) is 0 Å². The van der Waals surface area contributed by atoms with Crippen LogP contribution < -0.4 is 4.90 Å². The van der Waals surface area contributed by atoms with Crippen molar-refractivity contribution in [2.75, 3.05) is 11.4 Å². The Hall–Kier alpha value is -2.80. The molecule has 1 aliphatic rings. The van der Waals surface area contributed by atoms with Crippen molar-refractivity contribution in [2.45, 2.75) is 19.4 Å². The van der Waals surface area contributed by atoms with Crippen LogP contribution in [0.25, 0.3) is 0 Å². The van der Waals surface area contributed by atoms with E-state index in [1.54, 1.807) is 11.0 Å². The van der Waals surface area contributed by atoms with E-state index in [-0.39, 0.29) is 12.7 Å². The van der Waals surface area contributed by atoms with E-state index in [4.69, 9.17) is 10.00 Å². The van der Waals surface area contributed by atoms with Gasteiger partial charge in [-0.05, 0) is 42.2 Å². The van der Waals surface area contributed by atoms with Gasteiger partial charge >= 0.3 is 6.09 Å². The van der Waals surface area contributed by atoms with Gasteiger partial charge in [-0.15, -0.1) is 0 Å². The molecule has 0 unspecified atom stereocenters. The molecule has 0 saturated carbocycles. The average molecular weight is 292 g/mol. The quantitative estimate of drug-likeness (QED) is 0.849. The van der Waals surface area contributed by atoms with Crippen LogP contribution in [0, 0.1) is 11.3 Å². The summed E-state index contributed by atoms with van der Waals surface area (Å²) in [6.07, 6.45) is 1.42.